The minimum absolute atomic E-state index is 0.488. The van der Waals surface area contributed by atoms with Gasteiger partial charge in [-0.15, -0.1) is 0 Å². The Kier molecular flexibility index (Phi) is 3.95. The van der Waals surface area contributed by atoms with Crippen molar-refractivity contribution in [1.29, 1.82) is 0 Å². The van der Waals surface area contributed by atoms with Crippen LogP contribution in [0.3, 0.4) is 0 Å². The third-order valence-corrected chi connectivity index (χ3v) is 4.33. The summed E-state index contributed by atoms with van der Waals surface area (Å²) in [6.45, 7) is 6.85. The molecule has 17 heavy (non-hydrogen) atoms. The van der Waals surface area contributed by atoms with E-state index in [4.69, 9.17) is 10.7 Å². The molecule has 98 valence electrons. The second kappa shape index (κ2) is 5.28. The first-order chi connectivity index (χ1) is 8.07. The van der Waals surface area contributed by atoms with Crippen LogP contribution in [0.5, 0.6) is 0 Å². The van der Waals surface area contributed by atoms with E-state index in [1.54, 1.807) is 0 Å². The van der Waals surface area contributed by atoms with E-state index in [-0.39, 0.29) is 0 Å². The third-order valence-electron chi connectivity index (χ3n) is 4.33. The van der Waals surface area contributed by atoms with Gasteiger partial charge in [0.25, 0.3) is 0 Å². The molecule has 0 aromatic heterocycles. The molecule has 1 saturated heterocycles. The van der Waals surface area contributed by atoms with Gasteiger partial charge in [-0.1, -0.05) is 33.1 Å². The van der Waals surface area contributed by atoms with Crippen molar-refractivity contribution >= 4 is 5.96 Å². The van der Waals surface area contributed by atoms with Crippen molar-refractivity contribution in [2.45, 2.75) is 64.8 Å². The Morgan fingerprint density at radius 2 is 1.71 bits per heavy atom. The first-order valence-electron chi connectivity index (χ1n) is 7.15. The standard InChI is InChI=1S/C14H27N3/c1-14(2)8-10-17(11-9-14)13(15)16-12-6-4-3-5-7-12/h12H,3-11H2,1-2H3,(H2,15,16). The quantitative estimate of drug-likeness (QED) is 0.563. The van der Waals surface area contributed by atoms with E-state index in [9.17, 15) is 0 Å². The van der Waals surface area contributed by atoms with Gasteiger partial charge in [-0.25, -0.2) is 4.99 Å². The van der Waals surface area contributed by atoms with Gasteiger partial charge in [0.15, 0.2) is 5.96 Å². The van der Waals surface area contributed by atoms with Gasteiger partial charge in [-0.2, -0.15) is 0 Å². The number of guanidine groups is 1. The molecular formula is C14H27N3. The molecule has 0 aromatic rings. The molecule has 0 amide bonds. The predicted molar refractivity (Wildman–Crippen MR) is 73.1 cm³/mol. The van der Waals surface area contributed by atoms with Crippen LogP contribution in [0.4, 0.5) is 0 Å². The van der Waals surface area contributed by atoms with E-state index in [1.165, 1.54) is 44.9 Å². The summed E-state index contributed by atoms with van der Waals surface area (Å²) in [4.78, 5) is 7.01. The topological polar surface area (TPSA) is 41.6 Å². The van der Waals surface area contributed by atoms with E-state index in [0.717, 1.165) is 19.0 Å². The third kappa shape index (κ3) is 3.62. The molecule has 2 rings (SSSR count). The molecule has 1 aliphatic heterocycles. The van der Waals surface area contributed by atoms with E-state index in [2.05, 4.69) is 18.7 Å². The number of hydrogen-bond donors (Lipinski definition) is 1. The summed E-state index contributed by atoms with van der Waals surface area (Å²) in [6, 6.07) is 0.499. The minimum Gasteiger partial charge on any atom is -0.370 e. The van der Waals surface area contributed by atoms with Crippen LogP contribution in [-0.2, 0) is 0 Å². The zero-order chi connectivity index (χ0) is 12.3. The first-order valence-corrected chi connectivity index (χ1v) is 7.15. The molecule has 0 atom stereocenters. The number of hydrogen-bond acceptors (Lipinski definition) is 1. The molecule has 1 heterocycles. The smallest absolute Gasteiger partial charge is 0.191 e. The molecule has 2 N–H and O–H groups in total. The van der Waals surface area contributed by atoms with Crippen LogP contribution in [0.2, 0.25) is 0 Å². The van der Waals surface area contributed by atoms with Crippen LogP contribution in [0.1, 0.15) is 58.8 Å². The molecule has 0 bridgehead atoms. The Labute approximate surface area is 105 Å². The van der Waals surface area contributed by atoms with Gasteiger partial charge in [0, 0.05) is 13.1 Å². The summed E-state index contributed by atoms with van der Waals surface area (Å²) in [7, 11) is 0. The number of nitrogens with zero attached hydrogens (tertiary/aromatic N) is 2. The predicted octanol–water partition coefficient (Wildman–Crippen LogP) is 2.76. The van der Waals surface area contributed by atoms with Gasteiger partial charge >= 0.3 is 0 Å². The summed E-state index contributed by atoms with van der Waals surface area (Å²) in [5, 5.41) is 0. The fourth-order valence-corrected chi connectivity index (χ4v) is 2.82. The molecule has 1 saturated carbocycles. The average molecular weight is 237 g/mol. The highest BCUT2D eigenvalue weighted by atomic mass is 15.3. The Balaban J connectivity index is 1.87. The van der Waals surface area contributed by atoms with Crippen LogP contribution in [0.25, 0.3) is 0 Å². The summed E-state index contributed by atoms with van der Waals surface area (Å²) in [6.07, 6.45) is 8.97. The number of nitrogens with two attached hydrogens (primary N) is 1. The van der Waals surface area contributed by atoms with E-state index >= 15 is 0 Å². The maximum absolute atomic E-state index is 6.14. The molecule has 3 nitrogen and oxygen atoms in total. The van der Waals surface area contributed by atoms with Gasteiger partial charge in [-0.05, 0) is 31.1 Å². The van der Waals surface area contributed by atoms with Crippen molar-refractivity contribution < 1.29 is 0 Å². The zero-order valence-corrected chi connectivity index (χ0v) is 11.4. The van der Waals surface area contributed by atoms with Crippen molar-refractivity contribution in [2.24, 2.45) is 16.1 Å². The Hall–Kier alpha value is -0.730. The van der Waals surface area contributed by atoms with Crippen LogP contribution in [-0.4, -0.2) is 30.0 Å². The molecule has 0 radical (unpaired) electrons. The molecular weight excluding hydrogens is 210 g/mol. The monoisotopic (exact) mass is 237 g/mol. The lowest BCUT2D eigenvalue weighted by Gasteiger charge is -2.37. The van der Waals surface area contributed by atoms with Crippen LogP contribution in [0.15, 0.2) is 4.99 Å². The lowest BCUT2D eigenvalue weighted by molar-refractivity contribution is 0.186. The molecule has 0 aromatic carbocycles. The molecule has 2 aliphatic rings. The Bertz CT molecular complexity index is 267. The Morgan fingerprint density at radius 3 is 2.29 bits per heavy atom. The van der Waals surface area contributed by atoms with Gasteiger partial charge in [-0.3, -0.25) is 0 Å². The second-order valence-electron chi connectivity index (χ2n) is 6.43. The summed E-state index contributed by atoms with van der Waals surface area (Å²) in [5.74, 6) is 0.799. The normalized spacial score (nSPS) is 27.2. The van der Waals surface area contributed by atoms with Gasteiger partial charge < -0.3 is 10.6 Å². The van der Waals surface area contributed by atoms with Crippen LogP contribution < -0.4 is 5.73 Å². The number of likely N-dealkylation sites (tertiary alicyclic amines) is 1. The highest BCUT2D eigenvalue weighted by Gasteiger charge is 2.26. The van der Waals surface area contributed by atoms with Crippen molar-refractivity contribution in [1.82, 2.24) is 4.90 Å². The highest BCUT2D eigenvalue weighted by Crippen LogP contribution is 2.29. The summed E-state index contributed by atoms with van der Waals surface area (Å²) in [5.41, 5.74) is 6.63. The SMILES string of the molecule is CC1(C)CCN(C(N)=NC2CCCCC2)CC1. The summed E-state index contributed by atoms with van der Waals surface area (Å²) < 4.78 is 0. The lowest BCUT2D eigenvalue weighted by Crippen LogP contribution is -2.45. The van der Waals surface area contributed by atoms with Crippen LogP contribution >= 0.6 is 0 Å². The molecule has 0 spiro atoms. The van der Waals surface area contributed by atoms with Crippen molar-refractivity contribution in [3.63, 3.8) is 0 Å². The largest absolute Gasteiger partial charge is 0.370 e. The van der Waals surface area contributed by atoms with Gasteiger partial charge in [0.1, 0.15) is 0 Å². The van der Waals surface area contributed by atoms with Crippen molar-refractivity contribution in [2.75, 3.05) is 13.1 Å². The van der Waals surface area contributed by atoms with Gasteiger partial charge in [0.05, 0.1) is 6.04 Å². The fraction of sp³-hybridized carbons (Fsp3) is 0.929. The first kappa shape index (κ1) is 12.7. The highest BCUT2D eigenvalue weighted by molar-refractivity contribution is 5.78. The fourth-order valence-electron chi connectivity index (χ4n) is 2.82. The number of aliphatic imine (C=N–C) groups is 1. The van der Waals surface area contributed by atoms with Gasteiger partial charge in [0.2, 0.25) is 0 Å². The average Bonchev–Trinajstić information content (AvgIpc) is 2.30. The van der Waals surface area contributed by atoms with E-state index in [0.29, 0.717) is 11.5 Å². The number of rotatable bonds is 1. The maximum atomic E-state index is 6.14. The summed E-state index contributed by atoms with van der Waals surface area (Å²) >= 11 is 0. The molecule has 2 fully saturated rings. The van der Waals surface area contributed by atoms with Crippen LogP contribution in [0, 0.1) is 5.41 Å². The van der Waals surface area contributed by atoms with E-state index < -0.39 is 0 Å². The maximum Gasteiger partial charge on any atom is 0.191 e. The second-order valence-corrected chi connectivity index (χ2v) is 6.43. The van der Waals surface area contributed by atoms with Crippen molar-refractivity contribution in [3.8, 4) is 0 Å². The zero-order valence-electron chi connectivity index (χ0n) is 11.4. The van der Waals surface area contributed by atoms with Crippen molar-refractivity contribution in [3.05, 3.63) is 0 Å². The lowest BCUT2D eigenvalue weighted by atomic mass is 9.83. The molecule has 3 heteroatoms. The molecule has 0 unspecified atom stereocenters. The van der Waals surface area contributed by atoms with E-state index in [1.807, 2.05) is 0 Å². The Morgan fingerprint density at radius 1 is 1.12 bits per heavy atom. The molecule has 1 aliphatic carbocycles. The number of piperidine rings is 1. The minimum atomic E-state index is 0.488.